The van der Waals surface area contributed by atoms with Crippen LogP contribution in [0.1, 0.15) is 19.8 Å². The van der Waals surface area contributed by atoms with Crippen LogP contribution < -0.4 is 5.32 Å². The van der Waals surface area contributed by atoms with E-state index in [0.717, 1.165) is 12.0 Å². The fourth-order valence-electron chi connectivity index (χ4n) is 1.79. The van der Waals surface area contributed by atoms with Crippen molar-refractivity contribution in [1.82, 2.24) is 10.2 Å². The van der Waals surface area contributed by atoms with E-state index in [0.29, 0.717) is 0 Å². The average molecular weight is 154 g/mol. The smallest absolute Gasteiger partial charge is 0.0193 e. The maximum Gasteiger partial charge on any atom is 0.0193 e. The third-order valence-electron chi connectivity index (χ3n) is 2.83. The molecule has 2 heteroatoms. The van der Waals surface area contributed by atoms with Gasteiger partial charge < -0.3 is 5.32 Å². The zero-order chi connectivity index (χ0) is 7.68. The van der Waals surface area contributed by atoms with Crippen LogP contribution in [0.5, 0.6) is 0 Å². The predicted molar refractivity (Wildman–Crippen MR) is 46.6 cm³/mol. The molecule has 2 fully saturated rings. The van der Waals surface area contributed by atoms with Crippen molar-refractivity contribution in [2.24, 2.45) is 5.92 Å². The summed E-state index contributed by atoms with van der Waals surface area (Å²) in [7, 11) is 0. The maximum absolute atomic E-state index is 3.42. The molecule has 2 rings (SSSR count). The van der Waals surface area contributed by atoms with Gasteiger partial charge in [0.05, 0.1) is 0 Å². The Hall–Kier alpha value is -0.0800. The average Bonchev–Trinajstić information content (AvgIpc) is 2.78. The second kappa shape index (κ2) is 3.11. The van der Waals surface area contributed by atoms with E-state index in [-0.39, 0.29) is 0 Å². The zero-order valence-corrected chi connectivity index (χ0v) is 7.34. The molecule has 0 spiro atoms. The highest BCUT2D eigenvalue weighted by Crippen LogP contribution is 2.30. The summed E-state index contributed by atoms with van der Waals surface area (Å²) in [6.07, 6.45) is 2.97. The summed E-state index contributed by atoms with van der Waals surface area (Å²) < 4.78 is 0. The van der Waals surface area contributed by atoms with Crippen LogP contribution in [0.15, 0.2) is 0 Å². The van der Waals surface area contributed by atoms with Crippen molar-refractivity contribution in [2.75, 3.05) is 26.2 Å². The summed E-state index contributed by atoms with van der Waals surface area (Å²) in [4.78, 5) is 2.63. The number of hydrogen-bond donors (Lipinski definition) is 1. The van der Waals surface area contributed by atoms with Crippen molar-refractivity contribution in [3.63, 3.8) is 0 Å². The number of piperazine rings is 1. The molecule has 0 unspecified atom stereocenters. The van der Waals surface area contributed by atoms with Gasteiger partial charge in [0.25, 0.3) is 0 Å². The van der Waals surface area contributed by atoms with Gasteiger partial charge in [0.15, 0.2) is 0 Å². The fourth-order valence-corrected chi connectivity index (χ4v) is 1.79. The first-order chi connectivity index (χ1) is 5.36. The molecule has 1 N–H and O–H groups in total. The maximum atomic E-state index is 3.42. The molecule has 0 bridgehead atoms. The van der Waals surface area contributed by atoms with Crippen LogP contribution in [0.4, 0.5) is 0 Å². The molecule has 2 aliphatic rings. The van der Waals surface area contributed by atoms with E-state index >= 15 is 0 Å². The number of nitrogens with one attached hydrogen (secondary N) is 1. The Balaban J connectivity index is 1.78. The second-order valence-corrected chi connectivity index (χ2v) is 3.99. The number of nitrogens with zero attached hydrogens (tertiary/aromatic N) is 1. The van der Waals surface area contributed by atoms with Gasteiger partial charge in [-0.3, -0.25) is 4.90 Å². The number of hydrogen-bond acceptors (Lipinski definition) is 2. The zero-order valence-electron chi connectivity index (χ0n) is 7.34. The minimum Gasteiger partial charge on any atom is -0.314 e. The molecular formula is C9H18N2. The Bertz CT molecular complexity index is 132. The number of rotatable bonds is 2. The van der Waals surface area contributed by atoms with Crippen molar-refractivity contribution in [1.29, 1.82) is 0 Å². The molecule has 1 saturated heterocycles. The Kier molecular flexibility index (Phi) is 2.14. The SMILES string of the molecule is C[C@H]1CNCCN1CC1CC1. The first-order valence-electron chi connectivity index (χ1n) is 4.81. The largest absolute Gasteiger partial charge is 0.314 e. The standard InChI is InChI=1S/C9H18N2/c1-8-6-10-4-5-11(8)7-9-2-3-9/h8-10H,2-7H2,1H3/t8-/m0/s1. The van der Waals surface area contributed by atoms with Crippen LogP contribution in [0.3, 0.4) is 0 Å². The van der Waals surface area contributed by atoms with Crippen LogP contribution >= 0.6 is 0 Å². The van der Waals surface area contributed by atoms with Crippen LogP contribution in [0.25, 0.3) is 0 Å². The molecule has 1 aliphatic carbocycles. The van der Waals surface area contributed by atoms with E-state index in [2.05, 4.69) is 17.1 Å². The van der Waals surface area contributed by atoms with Gasteiger partial charge in [-0.15, -0.1) is 0 Å². The van der Waals surface area contributed by atoms with Gasteiger partial charge >= 0.3 is 0 Å². The lowest BCUT2D eigenvalue weighted by Crippen LogP contribution is -2.50. The Labute approximate surface area is 69.0 Å². The lowest BCUT2D eigenvalue weighted by Gasteiger charge is -2.33. The van der Waals surface area contributed by atoms with Gasteiger partial charge in [-0.05, 0) is 25.7 Å². The van der Waals surface area contributed by atoms with Gasteiger partial charge in [0, 0.05) is 32.2 Å². The van der Waals surface area contributed by atoms with Crippen molar-refractivity contribution in [3.05, 3.63) is 0 Å². The van der Waals surface area contributed by atoms with E-state index in [4.69, 9.17) is 0 Å². The van der Waals surface area contributed by atoms with Crippen LogP contribution in [0, 0.1) is 5.92 Å². The monoisotopic (exact) mass is 154 g/mol. The minimum atomic E-state index is 0.768. The van der Waals surface area contributed by atoms with Crippen LogP contribution in [0.2, 0.25) is 0 Å². The minimum absolute atomic E-state index is 0.768. The van der Waals surface area contributed by atoms with E-state index in [1.807, 2.05) is 0 Å². The van der Waals surface area contributed by atoms with Gasteiger partial charge in [-0.1, -0.05) is 0 Å². The molecule has 0 amide bonds. The highest BCUT2D eigenvalue weighted by atomic mass is 15.2. The molecule has 0 aromatic carbocycles. The molecular weight excluding hydrogens is 136 g/mol. The lowest BCUT2D eigenvalue weighted by molar-refractivity contribution is 0.167. The highest BCUT2D eigenvalue weighted by Gasteiger charge is 2.27. The van der Waals surface area contributed by atoms with E-state index in [1.165, 1.54) is 39.0 Å². The normalized spacial score (nSPS) is 34.1. The van der Waals surface area contributed by atoms with Gasteiger partial charge in [0.1, 0.15) is 0 Å². The molecule has 1 saturated carbocycles. The fraction of sp³-hybridized carbons (Fsp3) is 1.00. The summed E-state index contributed by atoms with van der Waals surface area (Å²) in [5.74, 6) is 1.05. The third-order valence-corrected chi connectivity index (χ3v) is 2.83. The molecule has 1 heterocycles. The van der Waals surface area contributed by atoms with E-state index in [9.17, 15) is 0 Å². The van der Waals surface area contributed by atoms with Crippen LogP contribution in [-0.2, 0) is 0 Å². The lowest BCUT2D eigenvalue weighted by atomic mass is 10.2. The quantitative estimate of drug-likeness (QED) is 0.629. The Morgan fingerprint density at radius 1 is 1.45 bits per heavy atom. The summed E-state index contributed by atoms with van der Waals surface area (Å²) in [5.41, 5.74) is 0. The van der Waals surface area contributed by atoms with Gasteiger partial charge in [-0.2, -0.15) is 0 Å². The van der Waals surface area contributed by atoms with Crippen molar-refractivity contribution >= 4 is 0 Å². The molecule has 1 atom stereocenters. The topological polar surface area (TPSA) is 15.3 Å². The van der Waals surface area contributed by atoms with Gasteiger partial charge in [0.2, 0.25) is 0 Å². The molecule has 0 aromatic rings. The Morgan fingerprint density at radius 2 is 2.27 bits per heavy atom. The van der Waals surface area contributed by atoms with Crippen molar-refractivity contribution in [3.8, 4) is 0 Å². The first kappa shape index (κ1) is 7.56. The summed E-state index contributed by atoms with van der Waals surface area (Å²) in [5, 5.41) is 3.42. The van der Waals surface area contributed by atoms with E-state index < -0.39 is 0 Å². The van der Waals surface area contributed by atoms with Crippen molar-refractivity contribution < 1.29 is 0 Å². The van der Waals surface area contributed by atoms with Crippen molar-refractivity contribution in [2.45, 2.75) is 25.8 Å². The predicted octanol–water partition coefficient (Wildman–Crippen LogP) is 0.690. The van der Waals surface area contributed by atoms with Crippen LogP contribution in [-0.4, -0.2) is 37.1 Å². The molecule has 0 aromatic heterocycles. The first-order valence-corrected chi connectivity index (χ1v) is 4.81. The molecule has 2 nitrogen and oxygen atoms in total. The molecule has 1 aliphatic heterocycles. The molecule has 11 heavy (non-hydrogen) atoms. The summed E-state index contributed by atoms with van der Waals surface area (Å²) in [6.45, 7) is 7.33. The molecule has 64 valence electrons. The van der Waals surface area contributed by atoms with E-state index in [1.54, 1.807) is 0 Å². The molecule has 0 radical (unpaired) electrons. The highest BCUT2D eigenvalue weighted by molar-refractivity contribution is 4.82. The summed E-state index contributed by atoms with van der Waals surface area (Å²) in [6, 6.07) is 0.768. The van der Waals surface area contributed by atoms with Gasteiger partial charge in [-0.25, -0.2) is 0 Å². The third kappa shape index (κ3) is 1.94. The summed E-state index contributed by atoms with van der Waals surface area (Å²) >= 11 is 0. The Morgan fingerprint density at radius 3 is 2.91 bits per heavy atom. The second-order valence-electron chi connectivity index (χ2n) is 3.99.